The van der Waals surface area contributed by atoms with Gasteiger partial charge in [-0.05, 0) is 17.2 Å². The molecule has 5 heteroatoms. The molecule has 2 rings (SSSR count). The topological polar surface area (TPSA) is 52.5 Å². The maximum atomic E-state index is 13.5. The molecule has 0 aliphatic heterocycles. The van der Waals surface area contributed by atoms with Gasteiger partial charge in [-0.2, -0.15) is 0 Å². The number of benzene rings is 2. The molecule has 0 heterocycles. The number of aliphatic hydroxyl groups excluding tert-OH is 2. The summed E-state index contributed by atoms with van der Waals surface area (Å²) in [7, 11) is 0. The maximum Gasteiger partial charge on any atom is 0.131 e. The maximum absolute atomic E-state index is 13.5. The SMILES string of the molecule is OCc1cccc(CNCC(O)c2ccc(F)cc2F)c1. The standard InChI is InChI=1S/C16H17F2NO2/c17-13-4-5-14(15(18)7-13)16(21)9-19-8-11-2-1-3-12(6-11)10-20/h1-7,16,19-21H,8-10H2. The van der Waals surface area contributed by atoms with Crippen molar-refractivity contribution in [2.75, 3.05) is 6.54 Å². The summed E-state index contributed by atoms with van der Waals surface area (Å²) in [5.41, 5.74) is 1.82. The van der Waals surface area contributed by atoms with Crippen LogP contribution in [-0.2, 0) is 13.2 Å². The van der Waals surface area contributed by atoms with Crippen molar-refractivity contribution in [1.29, 1.82) is 0 Å². The largest absolute Gasteiger partial charge is 0.392 e. The molecule has 0 aliphatic rings. The van der Waals surface area contributed by atoms with E-state index in [4.69, 9.17) is 5.11 Å². The molecule has 2 aromatic rings. The zero-order chi connectivity index (χ0) is 15.2. The molecule has 0 amide bonds. The van der Waals surface area contributed by atoms with E-state index < -0.39 is 17.7 Å². The van der Waals surface area contributed by atoms with Crippen LogP contribution in [-0.4, -0.2) is 16.8 Å². The van der Waals surface area contributed by atoms with Crippen LogP contribution in [0.25, 0.3) is 0 Å². The molecule has 0 aromatic heterocycles. The van der Waals surface area contributed by atoms with E-state index in [1.807, 2.05) is 24.3 Å². The molecular weight excluding hydrogens is 276 g/mol. The third-order valence-electron chi connectivity index (χ3n) is 3.16. The van der Waals surface area contributed by atoms with Gasteiger partial charge in [0.1, 0.15) is 11.6 Å². The third kappa shape index (κ3) is 4.32. The van der Waals surface area contributed by atoms with E-state index in [9.17, 15) is 13.9 Å². The summed E-state index contributed by atoms with van der Waals surface area (Å²) in [5, 5.41) is 22.0. The van der Waals surface area contributed by atoms with Crippen molar-refractivity contribution in [3.05, 3.63) is 70.8 Å². The van der Waals surface area contributed by atoms with Crippen LogP contribution in [0.3, 0.4) is 0 Å². The van der Waals surface area contributed by atoms with E-state index in [-0.39, 0.29) is 18.7 Å². The van der Waals surface area contributed by atoms with E-state index in [0.717, 1.165) is 23.3 Å². The van der Waals surface area contributed by atoms with Crippen molar-refractivity contribution in [1.82, 2.24) is 5.32 Å². The monoisotopic (exact) mass is 293 g/mol. The van der Waals surface area contributed by atoms with Crippen LogP contribution in [0.4, 0.5) is 8.78 Å². The first kappa shape index (κ1) is 15.6. The number of halogens is 2. The predicted octanol–water partition coefficient (Wildman–Crippen LogP) is 2.28. The Morgan fingerprint density at radius 2 is 1.81 bits per heavy atom. The lowest BCUT2D eigenvalue weighted by molar-refractivity contribution is 0.169. The van der Waals surface area contributed by atoms with Crippen LogP contribution in [0, 0.1) is 11.6 Å². The van der Waals surface area contributed by atoms with Crippen LogP contribution in [0.2, 0.25) is 0 Å². The zero-order valence-corrected chi connectivity index (χ0v) is 11.4. The Balaban J connectivity index is 1.90. The molecule has 3 nitrogen and oxygen atoms in total. The van der Waals surface area contributed by atoms with Crippen molar-refractivity contribution >= 4 is 0 Å². The molecule has 0 fully saturated rings. The minimum absolute atomic E-state index is 0.0305. The van der Waals surface area contributed by atoms with Crippen LogP contribution >= 0.6 is 0 Å². The van der Waals surface area contributed by atoms with Crippen LogP contribution < -0.4 is 5.32 Å². The first-order valence-electron chi connectivity index (χ1n) is 6.62. The summed E-state index contributed by atoms with van der Waals surface area (Å²) < 4.78 is 26.3. The number of hydrogen-bond acceptors (Lipinski definition) is 3. The van der Waals surface area contributed by atoms with Crippen molar-refractivity contribution in [2.45, 2.75) is 19.3 Å². The van der Waals surface area contributed by atoms with Gasteiger partial charge in [-0.1, -0.05) is 30.3 Å². The average Bonchev–Trinajstić information content (AvgIpc) is 2.47. The molecule has 2 aromatic carbocycles. The van der Waals surface area contributed by atoms with Crippen LogP contribution in [0.15, 0.2) is 42.5 Å². The molecule has 3 N–H and O–H groups in total. The number of nitrogens with one attached hydrogen (secondary N) is 1. The molecular formula is C16H17F2NO2. The zero-order valence-electron chi connectivity index (χ0n) is 11.4. The number of hydrogen-bond donors (Lipinski definition) is 3. The fraction of sp³-hybridized carbons (Fsp3) is 0.250. The van der Waals surface area contributed by atoms with E-state index in [1.54, 1.807) is 0 Å². The van der Waals surface area contributed by atoms with Crippen LogP contribution in [0.5, 0.6) is 0 Å². The number of rotatable bonds is 6. The van der Waals surface area contributed by atoms with Gasteiger partial charge in [-0.15, -0.1) is 0 Å². The second kappa shape index (κ2) is 7.26. The predicted molar refractivity (Wildman–Crippen MR) is 75.4 cm³/mol. The van der Waals surface area contributed by atoms with Gasteiger partial charge < -0.3 is 15.5 Å². The molecule has 21 heavy (non-hydrogen) atoms. The fourth-order valence-electron chi connectivity index (χ4n) is 2.07. The van der Waals surface area contributed by atoms with Crippen molar-refractivity contribution in [3.8, 4) is 0 Å². The minimum atomic E-state index is -1.05. The third-order valence-corrected chi connectivity index (χ3v) is 3.16. The molecule has 0 spiro atoms. The highest BCUT2D eigenvalue weighted by Crippen LogP contribution is 2.17. The average molecular weight is 293 g/mol. The van der Waals surface area contributed by atoms with Crippen LogP contribution in [0.1, 0.15) is 22.8 Å². The summed E-state index contributed by atoms with van der Waals surface area (Å²) in [5.74, 6) is -1.43. The number of aliphatic hydroxyl groups is 2. The van der Waals surface area contributed by atoms with E-state index >= 15 is 0 Å². The minimum Gasteiger partial charge on any atom is -0.392 e. The Hall–Kier alpha value is -1.82. The first-order chi connectivity index (χ1) is 10.1. The van der Waals surface area contributed by atoms with Gasteiger partial charge >= 0.3 is 0 Å². The lowest BCUT2D eigenvalue weighted by Crippen LogP contribution is -2.21. The molecule has 0 bridgehead atoms. The Morgan fingerprint density at radius 3 is 2.52 bits per heavy atom. The van der Waals surface area contributed by atoms with Gasteiger partial charge in [-0.25, -0.2) is 8.78 Å². The molecule has 1 atom stereocenters. The highest BCUT2D eigenvalue weighted by Gasteiger charge is 2.13. The highest BCUT2D eigenvalue weighted by atomic mass is 19.1. The summed E-state index contributed by atoms with van der Waals surface area (Å²) in [6, 6.07) is 10.5. The van der Waals surface area contributed by atoms with Gasteiger partial charge in [0.05, 0.1) is 12.7 Å². The van der Waals surface area contributed by atoms with Gasteiger partial charge in [0.2, 0.25) is 0 Å². The van der Waals surface area contributed by atoms with Gasteiger partial charge in [0.25, 0.3) is 0 Å². The normalized spacial score (nSPS) is 12.4. The van der Waals surface area contributed by atoms with Gasteiger partial charge in [0, 0.05) is 24.7 Å². The Kier molecular flexibility index (Phi) is 5.38. The fourth-order valence-corrected chi connectivity index (χ4v) is 2.07. The van der Waals surface area contributed by atoms with E-state index in [2.05, 4.69) is 5.32 Å². The molecule has 0 radical (unpaired) electrons. The van der Waals surface area contributed by atoms with Gasteiger partial charge in [0.15, 0.2) is 0 Å². The molecule has 0 saturated carbocycles. The van der Waals surface area contributed by atoms with E-state index in [1.165, 1.54) is 6.07 Å². The summed E-state index contributed by atoms with van der Waals surface area (Å²) in [4.78, 5) is 0. The summed E-state index contributed by atoms with van der Waals surface area (Å²) in [6.07, 6.45) is -1.05. The first-order valence-corrected chi connectivity index (χ1v) is 6.62. The second-order valence-corrected chi connectivity index (χ2v) is 4.79. The Labute approximate surface area is 121 Å². The molecule has 112 valence electrons. The molecule has 0 aliphatic carbocycles. The lowest BCUT2D eigenvalue weighted by atomic mass is 10.1. The van der Waals surface area contributed by atoms with Crippen molar-refractivity contribution in [3.63, 3.8) is 0 Å². The Morgan fingerprint density at radius 1 is 1.05 bits per heavy atom. The Bertz CT molecular complexity index is 605. The quantitative estimate of drug-likeness (QED) is 0.766. The van der Waals surface area contributed by atoms with Gasteiger partial charge in [-0.3, -0.25) is 0 Å². The van der Waals surface area contributed by atoms with Crippen molar-refractivity contribution in [2.24, 2.45) is 0 Å². The summed E-state index contributed by atoms with van der Waals surface area (Å²) >= 11 is 0. The second-order valence-electron chi connectivity index (χ2n) is 4.79. The lowest BCUT2D eigenvalue weighted by Gasteiger charge is -2.13. The highest BCUT2D eigenvalue weighted by molar-refractivity contribution is 5.23. The molecule has 1 unspecified atom stereocenters. The van der Waals surface area contributed by atoms with Crippen molar-refractivity contribution < 1.29 is 19.0 Å². The summed E-state index contributed by atoms with van der Waals surface area (Å²) in [6.45, 7) is 0.594. The van der Waals surface area contributed by atoms with E-state index in [0.29, 0.717) is 6.54 Å². The smallest absolute Gasteiger partial charge is 0.131 e. The molecule has 0 saturated heterocycles.